The van der Waals surface area contributed by atoms with E-state index in [1.807, 2.05) is 10.6 Å². The van der Waals surface area contributed by atoms with Crippen LogP contribution in [0.4, 0.5) is 0 Å². The number of aromatic nitrogens is 5. The molecular formula is C50H31N5. The molecule has 0 aliphatic rings. The van der Waals surface area contributed by atoms with E-state index in [-0.39, 0.29) is 0 Å². The lowest BCUT2D eigenvalue weighted by atomic mass is 10.0. The Labute approximate surface area is 315 Å². The van der Waals surface area contributed by atoms with Gasteiger partial charge in [0.25, 0.3) is 0 Å². The van der Waals surface area contributed by atoms with Crippen molar-refractivity contribution in [3.8, 4) is 33.8 Å². The molecule has 5 heteroatoms. The maximum absolute atomic E-state index is 4.71. The van der Waals surface area contributed by atoms with E-state index in [2.05, 4.69) is 191 Å². The third-order valence-electron chi connectivity index (χ3n) is 11.3. The van der Waals surface area contributed by atoms with Gasteiger partial charge in [-0.2, -0.15) is 0 Å². The molecule has 0 bridgehead atoms. The maximum Gasteiger partial charge on any atom is 0.121 e. The Bertz CT molecular complexity index is 3480. The fourth-order valence-electron chi connectivity index (χ4n) is 8.91. The Morgan fingerprint density at radius 3 is 1.45 bits per heavy atom. The molecule has 0 aliphatic heterocycles. The molecule has 0 atom stereocenters. The van der Waals surface area contributed by atoms with Crippen LogP contribution in [-0.4, -0.2) is 24.0 Å². The smallest absolute Gasteiger partial charge is 0.121 e. The summed E-state index contributed by atoms with van der Waals surface area (Å²) >= 11 is 0. The molecule has 0 spiro atoms. The zero-order valence-corrected chi connectivity index (χ0v) is 29.6. The van der Waals surface area contributed by atoms with Gasteiger partial charge in [0.05, 0.1) is 27.6 Å². The van der Waals surface area contributed by atoms with E-state index in [0.717, 1.165) is 38.8 Å². The molecule has 55 heavy (non-hydrogen) atoms. The first kappa shape index (κ1) is 30.0. The van der Waals surface area contributed by atoms with Crippen molar-refractivity contribution in [3.05, 3.63) is 188 Å². The van der Waals surface area contributed by atoms with E-state index in [4.69, 9.17) is 10.3 Å². The van der Waals surface area contributed by atoms with Gasteiger partial charge >= 0.3 is 0 Å². The van der Waals surface area contributed by atoms with Crippen molar-refractivity contribution in [1.82, 2.24) is 24.0 Å². The molecule has 0 fully saturated rings. The van der Waals surface area contributed by atoms with Crippen molar-refractivity contribution in [3.63, 3.8) is 0 Å². The Morgan fingerprint density at radius 2 is 0.800 bits per heavy atom. The highest BCUT2D eigenvalue weighted by molar-refractivity contribution is 6.16. The number of hydrogen-bond acceptors (Lipinski definition) is 2. The molecule has 4 aromatic heterocycles. The Kier molecular flexibility index (Phi) is 6.27. The molecule has 0 unspecified atom stereocenters. The average molecular weight is 702 g/mol. The number of nitrogens with zero attached hydrogens (tertiary/aromatic N) is 5. The monoisotopic (exact) mass is 701 g/mol. The summed E-state index contributed by atoms with van der Waals surface area (Å²) in [5.74, 6) is 0. The topological polar surface area (TPSA) is 40.1 Å². The summed E-state index contributed by atoms with van der Waals surface area (Å²) in [5.41, 5.74) is 13.4. The van der Waals surface area contributed by atoms with Gasteiger partial charge in [-0.25, -0.2) is 4.52 Å². The van der Waals surface area contributed by atoms with Crippen LogP contribution in [0.25, 0.3) is 105 Å². The summed E-state index contributed by atoms with van der Waals surface area (Å²) in [6, 6.07) is 67.6. The molecule has 0 aliphatic carbocycles. The second kappa shape index (κ2) is 11.5. The van der Waals surface area contributed by atoms with Gasteiger partial charge in [-0.15, -0.1) is 5.10 Å². The van der Waals surface area contributed by atoms with Crippen molar-refractivity contribution in [2.45, 2.75) is 0 Å². The average Bonchev–Trinajstić information content (AvgIpc) is 3.95. The first-order chi connectivity index (χ1) is 27.3. The number of rotatable bonds is 4. The second-order valence-electron chi connectivity index (χ2n) is 14.3. The maximum atomic E-state index is 4.71. The summed E-state index contributed by atoms with van der Waals surface area (Å²) in [5, 5.41) is 17.8. The fraction of sp³-hybridized carbons (Fsp3) is 0. The summed E-state index contributed by atoms with van der Waals surface area (Å²) in [6.07, 6.45) is 0. The lowest BCUT2D eigenvalue weighted by Crippen LogP contribution is -1.97. The van der Waals surface area contributed by atoms with Gasteiger partial charge in [0.15, 0.2) is 0 Å². The molecule has 256 valence electrons. The zero-order chi connectivity index (χ0) is 36.0. The molecule has 4 heterocycles. The quantitative estimate of drug-likeness (QED) is 0.171. The molecule has 12 rings (SSSR count). The van der Waals surface area contributed by atoms with Crippen LogP contribution in [0.1, 0.15) is 0 Å². The van der Waals surface area contributed by atoms with Gasteiger partial charge in [0.1, 0.15) is 11.2 Å². The third kappa shape index (κ3) is 4.35. The van der Waals surface area contributed by atoms with E-state index >= 15 is 0 Å². The van der Waals surface area contributed by atoms with Crippen LogP contribution in [0, 0.1) is 0 Å². The van der Waals surface area contributed by atoms with E-state index in [1.165, 1.54) is 65.8 Å². The van der Waals surface area contributed by atoms with E-state index < -0.39 is 0 Å². The summed E-state index contributed by atoms with van der Waals surface area (Å²) in [4.78, 5) is 0. The van der Waals surface area contributed by atoms with Gasteiger partial charge in [-0.05, 0) is 83.2 Å². The number of benzene rings is 8. The molecule has 5 nitrogen and oxygen atoms in total. The van der Waals surface area contributed by atoms with Crippen LogP contribution in [0.3, 0.4) is 0 Å². The number of hydrogen-bond donors (Lipinski definition) is 0. The van der Waals surface area contributed by atoms with Crippen LogP contribution in [0.15, 0.2) is 188 Å². The van der Waals surface area contributed by atoms with E-state index in [9.17, 15) is 0 Å². The first-order valence-electron chi connectivity index (χ1n) is 18.7. The highest BCUT2D eigenvalue weighted by Crippen LogP contribution is 2.40. The number of fused-ring (bicyclic) bond motifs is 12. The van der Waals surface area contributed by atoms with Crippen molar-refractivity contribution in [2.75, 3.05) is 0 Å². The van der Waals surface area contributed by atoms with Crippen LogP contribution >= 0.6 is 0 Å². The molecule has 0 N–H and O–H groups in total. The first-order valence-corrected chi connectivity index (χ1v) is 18.7. The normalized spacial score (nSPS) is 12.0. The number of pyridine rings is 1. The molecular weight excluding hydrogens is 671 g/mol. The van der Waals surface area contributed by atoms with Crippen molar-refractivity contribution < 1.29 is 0 Å². The fourth-order valence-corrected chi connectivity index (χ4v) is 8.91. The van der Waals surface area contributed by atoms with E-state index in [1.54, 1.807) is 0 Å². The highest BCUT2D eigenvalue weighted by atomic mass is 15.4. The van der Waals surface area contributed by atoms with Gasteiger partial charge in [-0.3, -0.25) is 0 Å². The van der Waals surface area contributed by atoms with Crippen LogP contribution in [0.5, 0.6) is 0 Å². The Balaban J connectivity index is 1.05. The van der Waals surface area contributed by atoms with Crippen molar-refractivity contribution in [1.29, 1.82) is 0 Å². The van der Waals surface area contributed by atoms with E-state index in [0.29, 0.717) is 0 Å². The lowest BCUT2D eigenvalue weighted by molar-refractivity contribution is 0.885. The Hall–Kier alpha value is -7.50. The number of para-hydroxylation sites is 3. The molecule has 12 aromatic rings. The van der Waals surface area contributed by atoms with Gasteiger partial charge < -0.3 is 9.13 Å². The van der Waals surface area contributed by atoms with Crippen molar-refractivity contribution >= 4 is 70.8 Å². The molecule has 0 saturated heterocycles. The molecule has 0 saturated carbocycles. The van der Waals surface area contributed by atoms with Crippen LogP contribution in [-0.2, 0) is 0 Å². The SMILES string of the molecule is c1ccc(-c2nnn3c4ccc(-n5c6ccccc6c6cc(-c7ccc8c(c7)c7ccccc7n8-c7ccccc7)ccc65)cc4c4ccccc4c23)cc1. The largest absolute Gasteiger partial charge is 0.309 e. The molecule has 0 amide bonds. The minimum atomic E-state index is 0.891. The standard InChI is InChI=1S/C50H31N5/c1-3-13-32(14-4-1)49-50-40-20-8-7-17-37(40)43-31-36(25-28-48(43)55(50)52-51-49)54-45-22-12-10-19-39(45)42-30-34(24-27-47(42)54)33-23-26-46-41(29-33)38-18-9-11-21-44(38)53(46)35-15-5-2-6-16-35/h1-31H. The van der Waals surface area contributed by atoms with Crippen molar-refractivity contribution in [2.24, 2.45) is 0 Å². The predicted octanol–water partition coefficient (Wildman–Crippen LogP) is 12.6. The predicted molar refractivity (Wildman–Crippen MR) is 228 cm³/mol. The third-order valence-corrected chi connectivity index (χ3v) is 11.3. The summed E-state index contributed by atoms with van der Waals surface area (Å²) in [7, 11) is 0. The second-order valence-corrected chi connectivity index (χ2v) is 14.3. The van der Waals surface area contributed by atoms with Gasteiger partial charge in [0.2, 0.25) is 0 Å². The molecule has 8 aromatic carbocycles. The van der Waals surface area contributed by atoms with Gasteiger partial charge in [0, 0.05) is 49.3 Å². The lowest BCUT2D eigenvalue weighted by Gasteiger charge is -2.13. The Morgan fingerprint density at radius 1 is 0.309 bits per heavy atom. The summed E-state index contributed by atoms with van der Waals surface area (Å²) in [6.45, 7) is 0. The van der Waals surface area contributed by atoms with Gasteiger partial charge in [-0.1, -0.05) is 127 Å². The minimum absolute atomic E-state index is 0.891. The zero-order valence-electron chi connectivity index (χ0n) is 29.6. The molecule has 0 radical (unpaired) electrons. The van der Waals surface area contributed by atoms with Crippen LogP contribution in [0.2, 0.25) is 0 Å². The summed E-state index contributed by atoms with van der Waals surface area (Å²) < 4.78 is 6.78. The minimum Gasteiger partial charge on any atom is -0.309 e. The van der Waals surface area contributed by atoms with Crippen LogP contribution < -0.4 is 0 Å². The highest BCUT2D eigenvalue weighted by Gasteiger charge is 2.19.